The summed E-state index contributed by atoms with van der Waals surface area (Å²) >= 11 is 3.35. The summed E-state index contributed by atoms with van der Waals surface area (Å²) in [7, 11) is 0. The fourth-order valence-electron chi connectivity index (χ4n) is 1.62. The molecule has 0 amide bonds. The van der Waals surface area contributed by atoms with E-state index in [0.29, 0.717) is 17.0 Å². The smallest absolute Gasteiger partial charge is 0.250 e. The number of aryl methyl sites for hydroxylation is 1. The zero-order chi connectivity index (χ0) is 14.7. The average molecular weight is 337 g/mol. The number of hydrogen-bond donors (Lipinski definition) is 2. The average Bonchev–Trinajstić information content (AvgIpc) is 2.45. The van der Waals surface area contributed by atoms with Crippen LogP contribution in [-0.4, -0.2) is 21.2 Å². The van der Waals surface area contributed by atoms with Crippen molar-refractivity contribution >= 4 is 21.8 Å². The molecule has 2 rings (SSSR count). The Morgan fingerprint density at radius 2 is 1.90 bits per heavy atom. The number of amidine groups is 1. The lowest BCUT2D eigenvalue weighted by molar-refractivity contribution is 0.318. The Morgan fingerprint density at radius 3 is 2.50 bits per heavy atom. The van der Waals surface area contributed by atoms with E-state index in [2.05, 4.69) is 31.3 Å². The predicted octanol–water partition coefficient (Wildman–Crippen LogP) is 2.74. The predicted molar refractivity (Wildman–Crippen MR) is 78.2 cm³/mol. The van der Waals surface area contributed by atoms with Crippen LogP contribution in [0.2, 0.25) is 0 Å². The van der Waals surface area contributed by atoms with Crippen LogP contribution in [0.15, 0.2) is 33.9 Å². The minimum absolute atomic E-state index is 0.0624. The molecular formula is C13H13BrN4O2. The molecular weight excluding hydrogens is 324 g/mol. The highest BCUT2D eigenvalue weighted by Gasteiger charge is 2.17. The van der Waals surface area contributed by atoms with E-state index >= 15 is 0 Å². The van der Waals surface area contributed by atoms with E-state index in [-0.39, 0.29) is 11.7 Å². The Labute approximate surface area is 124 Å². The standard InChI is InChI=1S/C13H13BrN4O2/c1-7-8(2)16-17-13(11(7)12(15)18-19)20-10-5-3-9(14)4-6-10/h3-6,19H,1-2H3,(H2,15,18). The van der Waals surface area contributed by atoms with Gasteiger partial charge in [0.05, 0.1) is 11.3 Å². The van der Waals surface area contributed by atoms with Gasteiger partial charge in [0.2, 0.25) is 5.88 Å². The summed E-state index contributed by atoms with van der Waals surface area (Å²) in [6, 6.07) is 7.23. The van der Waals surface area contributed by atoms with Crippen molar-refractivity contribution in [1.82, 2.24) is 10.2 Å². The minimum Gasteiger partial charge on any atom is -0.437 e. The van der Waals surface area contributed by atoms with Gasteiger partial charge in [0.1, 0.15) is 5.75 Å². The highest BCUT2D eigenvalue weighted by atomic mass is 79.9. The van der Waals surface area contributed by atoms with Crippen molar-refractivity contribution < 1.29 is 9.94 Å². The van der Waals surface area contributed by atoms with E-state index in [1.165, 1.54) is 0 Å². The van der Waals surface area contributed by atoms with Crippen molar-refractivity contribution in [3.63, 3.8) is 0 Å². The fraction of sp³-hybridized carbons (Fsp3) is 0.154. The van der Waals surface area contributed by atoms with Gasteiger partial charge in [0.15, 0.2) is 5.84 Å². The molecule has 0 aliphatic carbocycles. The summed E-state index contributed by atoms with van der Waals surface area (Å²) in [6.45, 7) is 3.60. The van der Waals surface area contributed by atoms with E-state index in [1.54, 1.807) is 19.1 Å². The van der Waals surface area contributed by atoms with E-state index in [0.717, 1.165) is 10.0 Å². The third-order valence-electron chi connectivity index (χ3n) is 2.81. The van der Waals surface area contributed by atoms with Crippen LogP contribution in [0.25, 0.3) is 0 Å². The molecule has 0 atom stereocenters. The molecule has 20 heavy (non-hydrogen) atoms. The van der Waals surface area contributed by atoms with Gasteiger partial charge in [-0.3, -0.25) is 0 Å². The lowest BCUT2D eigenvalue weighted by Crippen LogP contribution is -2.18. The molecule has 7 heteroatoms. The zero-order valence-electron chi connectivity index (χ0n) is 11.0. The number of oxime groups is 1. The summed E-state index contributed by atoms with van der Waals surface area (Å²) in [4.78, 5) is 0. The summed E-state index contributed by atoms with van der Waals surface area (Å²) < 4.78 is 6.59. The number of halogens is 1. The number of hydrogen-bond acceptors (Lipinski definition) is 5. The second-order valence-corrected chi connectivity index (χ2v) is 5.05. The second-order valence-electron chi connectivity index (χ2n) is 4.13. The van der Waals surface area contributed by atoms with Gasteiger partial charge in [-0.25, -0.2) is 0 Å². The van der Waals surface area contributed by atoms with Crippen molar-refractivity contribution in [3.05, 3.63) is 45.6 Å². The Morgan fingerprint density at radius 1 is 1.25 bits per heavy atom. The first-order valence-electron chi connectivity index (χ1n) is 5.78. The first kappa shape index (κ1) is 14.3. The maximum Gasteiger partial charge on any atom is 0.250 e. The van der Waals surface area contributed by atoms with Crippen LogP contribution in [0.5, 0.6) is 11.6 Å². The van der Waals surface area contributed by atoms with Crippen LogP contribution in [0.3, 0.4) is 0 Å². The molecule has 0 spiro atoms. The molecule has 1 heterocycles. The Kier molecular flexibility index (Phi) is 4.19. The van der Waals surface area contributed by atoms with Crippen molar-refractivity contribution in [2.75, 3.05) is 0 Å². The summed E-state index contributed by atoms with van der Waals surface area (Å²) in [5.74, 6) is 0.719. The maximum absolute atomic E-state index is 8.88. The van der Waals surface area contributed by atoms with Crippen LogP contribution in [0.1, 0.15) is 16.8 Å². The van der Waals surface area contributed by atoms with Gasteiger partial charge in [-0.2, -0.15) is 5.10 Å². The highest BCUT2D eigenvalue weighted by Crippen LogP contribution is 2.26. The third kappa shape index (κ3) is 2.88. The van der Waals surface area contributed by atoms with Gasteiger partial charge in [0, 0.05) is 4.47 Å². The first-order chi connectivity index (χ1) is 9.52. The molecule has 0 unspecified atom stereocenters. The van der Waals surface area contributed by atoms with Crippen LogP contribution < -0.4 is 10.5 Å². The molecule has 1 aromatic carbocycles. The number of ether oxygens (including phenoxy) is 1. The van der Waals surface area contributed by atoms with Gasteiger partial charge in [-0.05, 0) is 43.7 Å². The lowest BCUT2D eigenvalue weighted by atomic mass is 10.1. The van der Waals surface area contributed by atoms with Crippen LogP contribution in [-0.2, 0) is 0 Å². The lowest BCUT2D eigenvalue weighted by Gasteiger charge is -2.12. The SMILES string of the molecule is Cc1nnc(Oc2ccc(Br)cc2)c(/C(N)=N/O)c1C. The first-order valence-corrected chi connectivity index (χ1v) is 6.57. The summed E-state index contributed by atoms with van der Waals surface area (Å²) in [5.41, 5.74) is 7.56. The molecule has 1 aromatic heterocycles. The normalized spacial score (nSPS) is 11.4. The Balaban J connectivity index is 2.46. The quantitative estimate of drug-likeness (QED) is 0.389. The van der Waals surface area contributed by atoms with Crippen LogP contribution in [0, 0.1) is 13.8 Å². The molecule has 0 aliphatic rings. The number of benzene rings is 1. The van der Waals surface area contributed by atoms with Gasteiger partial charge < -0.3 is 15.7 Å². The van der Waals surface area contributed by atoms with Crippen LogP contribution in [0.4, 0.5) is 0 Å². The number of rotatable bonds is 3. The molecule has 0 bridgehead atoms. The molecule has 0 fully saturated rings. The molecule has 0 radical (unpaired) electrons. The molecule has 3 N–H and O–H groups in total. The van der Waals surface area contributed by atoms with Crippen molar-refractivity contribution in [1.29, 1.82) is 0 Å². The van der Waals surface area contributed by atoms with Gasteiger partial charge in [0.25, 0.3) is 0 Å². The Hall–Kier alpha value is -2.15. The second kappa shape index (κ2) is 5.87. The van der Waals surface area contributed by atoms with E-state index in [9.17, 15) is 0 Å². The third-order valence-corrected chi connectivity index (χ3v) is 3.34. The molecule has 2 aromatic rings. The molecule has 104 valence electrons. The minimum atomic E-state index is -0.0624. The molecule has 0 aliphatic heterocycles. The fourth-order valence-corrected chi connectivity index (χ4v) is 1.89. The van der Waals surface area contributed by atoms with Gasteiger partial charge in [-0.15, -0.1) is 5.10 Å². The summed E-state index contributed by atoms with van der Waals surface area (Å²) in [6.07, 6.45) is 0. The largest absolute Gasteiger partial charge is 0.437 e. The number of nitrogens with zero attached hydrogens (tertiary/aromatic N) is 3. The van der Waals surface area contributed by atoms with Gasteiger partial charge >= 0.3 is 0 Å². The number of nitrogens with two attached hydrogens (primary N) is 1. The topological polar surface area (TPSA) is 93.6 Å². The maximum atomic E-state index is 8.88. The van der Waals surface area contributed by atoms with Gasteiger partial charge in [-0.1, -0.05) is 21.1 Å². The monoisotopic (exact) mass is 336 g/mol. The van der Waals surface area contributed by atoms with Crippen molar-refractivity contribution in [2.45, 2.75) is 13.8 Å². The zero-order valence-corrected chi connectivity index (χ0v) is 12.5. The van der Waals surface area contributed by atoms with Crippen molar-refractivity contribution in [2.24, 2.45) is 10.9 Å². The van der Waals surface area contributed by atoms with E-state index in [1.807, 2.05) is 19.1 Å². The molecule has 6 nitrogen and oxygen atoms in total. The molecule has 0 saturated carbocycles. The van der Waals surface area contributed by atoms with E-state index in [4.69, 9.17) is 15.7 Å². The van der Waals surface area contributed by atoms with Crippen LogP contribution >= 0.6 is 15.9 Å². The number of aromatic nitrogens is 2. The molecule has 0 saturated heterocycles. The summed E-state index contributed by atoms with van der Waals surface area (Å²) in [5, 5.41) is 19.9. The Bertz CT molecular complexity index is 656. The van der Waals surface area contributed by atoms with Crippen molar-refractivity contribution in [3.8, 4) is 11.6 Å². The van der Waals surface area contributed by atoms with E-state index < -0.39 is 0 Å². The highest BCUT2D eigenvalue weighted by molar-refractivity contribution is 9.10.